The summed E-state index contributed by atoms with van der Waals surface area (Å²) in [6, 6.07) is 13.6. The number of hydrogen-bond donors (Lipinski definition) is 2. The number of nitrogens with one attached hydrogen (secondary N) is 1. The third-order valence-electron chi connectivity index (χ3n) is 4.92. The summed E-state index contributed by atoms with van der Waals surface area (Å²) in [6.07, 6.45) is 0.513. The van der Waals surface area contributed by atoms with Crippen LogP contribution in [0.5, 0.6) is 0 Å². The lowest BCUT2D eigenvalue weighted by Gasteiger charge is -2.28. The number of halogens is 1. The Morgan fingerprint density at radius 1 is 1.26 bits per heavy atom. The maximum Gasteiger partial charge on any atom is 0.280 e. The zero-order valence-electron chi connectivity index (χ0n) is 14.4. The Kier molecular flexibility index (Phi) is 4.68. The molecule has 0 saturated carbocycles. The van der Waals surface area contributed by atoms with Crippen molar-refractivity contribution in [3.63, 3.8) is 0 Å². The van der Waals surface area contributed by atoms with Crippen molar-refractivity contribution < 1.29 is 9.90 Å². The fourth-order valence-electron chi connectivity index (χ4n) is 3.60. The van der Waals surface area contributed by atoms with Crippen LogP contribution >= 0.6 is 11.6 Å². The van der Waals surface area contributed by atoms with Crippen LogP contribution in [-0.4, -0.2) is 38.5 Å². The van der Waals surface area contributed by atoms with Gasteiger partial charge in [-0.15, -0.1) is 0 Å². The van der Waals surface area contributed by atoms with E-state index in [1.165, 1.54) is 4.90 Å². The first-order valence-corrected chi connectivity index (χ1v) is 9.16. The highest BCUT2D eigenvalue weighted by molar-refractivity contribution is 6.30. The summed E-state index contributed by atoms with van der Waals surface area (Å²) < 4.78 is 0. The van der Waals surface area contributed by atoms with Crippen molar-refractivity contribution in [1.82, 2.24) is 14.9 Å². The molecule has 2 aromatic carbocycles. The van der Waals surface area contributed by atoms with Gasteiger partial charge < -0.3 is 15.0 Å². The lowest BCUT2D eigenvalue weighted by molar-refractivity contribution is 0.0480. The van der Waals surface area contributed by atoms with Crippen molar-refractivity contribution in [1.29, 1.82) is 0 Å². The molecule has 0 spiro atoms. The normalized spacial score (nSPS) is 18.0. The molecule has 4 rings (SSSR count). The molecule has 7 heteroatoms. The Morgan fingerprint density at radius 2 is 2.07 bits per heavy atom. The number of aromatic nitrogens is 2. The molecule has 6 nitrogen and oxygen atoms in total. The van der Waals surface area contributed by atoms with E-state index in [0.29, 0.717) is 34.6 Å². The van der Waals surface area contributed by atoms with Crippen LogP contribution in [0.1, 0.15) is 35.0 Å². The number of likely N-dealkylation sites (tertiary alicyclic amines) is 1. The van der Waals surface area contributed by atoms with Gasteiger partial charge in [0.05, 0.1) is 23.2 Å². The van der Waals surface area contributed by atoms with Gasteiger partial charge in [0.25, 0.3) is 11.5 Å². The summed E-state index contributed by atoms with van der Waals surface area (Å²) in [4.78, 5) is 33.9. The highest BCUT2D eigenvalue weighted by Crippen LogP contribution is 2.31. The molecule has 138 valence electrons. The van der Waals surface area contributed by atoms with Gasteiger partial charge in [-0.2, -0.15) is 0 Å². The quantitative estimate of drug-likeness (QED) is 0.728. The van der Waals surface area contributed by atoms with Crippen molar-refractivity contribution in [2.45, 2.75) is 25.0 Å². The van der Waals surface area contributed by atoms with Gasteiger partial charge in [0, 0.05) is 11.6 Å². The number of benzene rings is 2. The molecule has 1 unspecified atom stereocenters. The molecule has 1 aromatic heterocycles. The number of carbonyl (C=O) groups is 1. The van der Waals surface area contributed by atoms with Gasteiger partial charge in [-0.1, -0.05) is 35.9 Å². The molecule has 2 N–H and O–H groups in total. The lowest BCUT2D eigenvalue weighted by Crippen LogP contribution is -2.42. The number of carbonyl (C=O) groups excluding carboxylic acids is 1. The molecule has 27 heavy (non-hydrogen) atoms. The van der Waals surface area contributed by atoms with Crippen LogP contribution in [0.2, 0.25) is 5.02 Å². The second-order valence-corrected chi connectivity index (χ2v) is 7.08. The van der Waals surface area contributed by atoms with Crippen LogP contribution in [-0.2, 0) is 0 Å². The fraction of sp³-hybridized carbons (Fsp3) is 0.250. The molecule has 2 atom stereocenters. The third kappa shape index (κ3) is 3.34. The molecule has 1 amide bonds. The van der Waals surface area contributed by atoms with Crippen molar-refractivity contribution in [2.75, 3.05) is 6.54 Å². The van der Waals surface area contributed by atoms with E-state index < -0.39 is 23.6 Å². The number of rotatable bonds is 3. The Balaban J connectivity index is 1.67. The molecular formula is C20H18ClN3O3. The summed E-state index contributed by atoms with van der Waals surface area (Å²) in [6.45, 7) is 0.467. The van der Waals surface area contributed by atoms with E-state index in [9.17, 15) is 14.7 Å². The zero-order chi connectivity index (χ0) is 19.0. The fourth-order valence-corrected chi connectivity index (χ4v) is 3.79. The van der Waals surface area contributed by atoms with Gasteiger partial charge in [-0.25, -0.2) is 4.98 Å². The van der Waals surface area contributed by atoms with Crippen LogP contribution in [0.4, 0.5) is 0 Å². The molecule has 3 aromatic rings. The smallest absolute Gasteiger partial charge is 0.280 e. The molecule has 1 saturated heterocycles. The molecule has 0 bridgehead atoms. The first kappa shape index (κ1) is 17.7. The summed E-state index contributed by atoms with van der Waals surface area (Å²) >= 11 is 6.02. The van der Waals surface area contributed by atoms with Gasteiger partial charge >= 0.3 is 0 Å². The minimum Gasteiger partial charge on any atom is -0.386 e. The number of aliphatic hydroxyl groups excluding tert-OH is 1. The van der Waals surface area contributed by atoms with Crippen LogP contribution in [0.25, 0.3) is 11.0 Å². The topological polar surface area (TPSA) is 86.3 Å². The van der Waals surface area contributed by atoms with Crippen molar-refractivity contribution in [2.24, 2.45) is 0 Å². The number of aromatic amines is 1. The second-order valence-electron chi connectivity index (χ2n) is 6.64. The maximum absolute atomic E-state index is 13.0. The monoisotopic (exact) mass is 383 g/mol. The van der Waals surface area contributed by atoms with E-state index in [-0.39, 0.29) is 5.69 Å². The molecule has 1 aliphatic heterocycles. The van der Waals surface area contributed by atoms with Gasteiger partial charge in [0.2, 0.25) is 0 Å². The highest BCUT2D eigenvalue weighted by atomic mass is 35.5. The molecule has 1 fully saturated rings. The number of aliphatic hydroxyl groups is 1. The predicted molar refractivity (Wildman–Crippen MR) is 103 cm³/mol. The number of H-pyrrole nitrogens is 1. The summed E-state index contributed by atoms with van der Waals surface area (Å²) in [7, 11) is 0. The van der Waals surface area contributed by atoms with E-state index in [2.05, 4.69) is 9.97 Å². The standard InChI is InChI=1S/C20H18ClN3O3/c21-13-6-3-5-12(11-13)18(25)16-9-4-10-24(16)20(27)17-19(26)23-15-8-2-1-7-14(15)22-17/h1-3,5-8,11,16,18,25H,4,9-10H2,(H,23,26)/t16-,18?/m0/s1. The van der Waals surface area contributed by atoms with E-state index in [0.717, 1.165) is 6.42 Å². The maximum atomic E-state index is 13.0. The minimum absolute atomic E-state index is 0.154. The number of amides is 1. The van der Waals surface area contributed by atoms with Gasteiger partial charge in [0.1, 0.15) is 0 Å². The van der Waals surface area contributed by atoms with E-state index in [4.69, 9.17) is 11.6 Å². The van der Waals surface area contributed by atoms with E-state index in [1.54, 1.807) is 48.5 Å². The predicted octanol–water partition coefficient (Wildman–Crippen LogP) is 2.91. The molecule has 1 aliphatic rings. The molecule has 2 heterocycles. The third-order valence-corrected chi connectivity index (χ3v) is 5.15. The largest absolute Gasteiger partial charge is 0.386 e. The number of hydrogen-bond acceptors (Lipinski definition) is 4. The number of para-hydroxylation sites is 2. The zero-order valence-corrected chi connectivity index (χ0v) is 15.2. The highest BCUT2D eigenvalue weighted by Gasteiger charge is 2.36. The molecule has 0 aliphatic carbocycles. The average molecular weight is 384 g/mol. The van der Waals surface area contributed by atoms with Crippen LogP contribution < -0.4 is 5.56 Å². The lowest BCUT2D eigenvalue weighted by atomic mass is 10.00. The summed E-state index contributed by atoms with van der Waals surface area (Å²) in [5, 5.41) is 11.3. The molecule has 0 radical (unpaired) electrons. The van der Waals surface area contributed by atoms with Gasteiger partial charge in [-0.3, -0.25) is 9.59 Å². The minimum atomic E-state index is -0.880. The van der Waals surface area contributed by atoms with Crippen molar-refractivity contribution in [3.8, 4) is 0 Å². The Bertz CT molecular complexity index is 1070. The van der Waals surface area contributed by atoms with Crippen LogP contribution in [0.3, 0.4) is 0 Å². The summed E-state index contributed by atoms with van der Waals surface area (Å²) in [5.41, 5.74) is 1.09. The first-order valence-electron chi connectivity index (χ1n) is 8.78. The average Bonchev–Trinajstić information content (AvgIpc) is 3.16. The van der Waals surface area contributed by atoms with Gasteiger partial charge in [-0.05, 0) is 42.7 Å². The first-order chi connectivity index (χ1) is 13.0. The van der Waals surface area contributed by atoms with Crippen LogP contribution in [0, 0.1) is 0 Å². The van der Waals surface area contributed by atoms with E-state index in [1.807, 2.05) is 0 Å². The number of nitrogens with zero attached hydrogens (tertiary/aromatic N) is 2. The second kappa shape index (κ2) is 7.13. The van der Waals surface area contributed by atoms with Crippen LogP contribution in [0.15, 0.2) is 53.3 Å². The summed E-state index contributed by atoms with van der Waals surface area (Å²) in [5.74, 6) is -0.467. The Hall–Kier alpha value is -2.70. The Labute approximate surface area is 160 Å². The SMILES string of the molecule is O=C(c1nc2ccccc2[nH]c1=O)N1CCC[C@H]1C(O)c1cccc(Cl)c1. The van der Waals surface area contributed by atoms with Crippen molar-refractivity contribution >= 4 is 28.5 Å². The van der Waals surface area contributed by atoms with Crippen molar-refractivity contribution in [3.05, 3.63) is 75.2 Å². The Morgan fingerprint density at radius 3 is 2.89 bits per heavy atom. The van der Waals surface area contributed by atoms with Gasteiger partial charge in [0.15, 0.2) is 5.69 Å². The molecular weight excluding hydrogens is 366 g/mol. The number of fused-ring (bicyclic) bond motifs is 1. The van der Waals surface area contributed by atoms with E-state index >= 15 is 0 Å².